The third-order valence-corrected chi connectivity index (χ3v) is 5.35. The summed E-state index contributed by atoms with van der Waals surface area (Å²) in [5.74, 6) is 0.817. The Morgan fingerprint density at radius 2 is 1.35 bits per heavy atom. The molecule has 1 heterocycles. The quantitative estimate of drug-likeness (QED) is 0.772. The van der Waals surface area contributed by atoms with Crippen LogP contribution in [0.4, 0.5) is 0 Å². The van der Waals surface area contributed by atoms with Crippen molar-refractivity contribution in [2.75, 3.05) is 13.1 Å². The second-order valence-corrected chi connectivity index (χ2v) is 7.28. The van der Waals surface area contributed by atoms with E-state index in [2.05, 4.69) is 11.8 Å². The number of hydrogen-bond acceptors (Lipinski definition) is 2. The van der Waals surface area contributed by atoms with Crippen molar-refractivity contribution in [3.05, 3.63) is 0 Å². The number of piperidine rings is 1. The average Bonchev–Trinajstić information content (AvgIpc) is 2.43. The molecule has 2 aliphatic rings. The first-order chi connectivity index (χ1) is 9.77. The molecular formula is C18H35NO. The van der Waals surface area contributed by atoms with Gasteiger partial charge in [-0.3, -0.25) is 4.90 Å². The Labute approximate surface area is 125 Å². The van der Waals surface area contributed by atoms with Gasteiger partial charge in [-0.2, -0.15) is 0 Å². The fourth-order valence-corrected chi connectivity index (χ4v) is 4.11. The topological polar surface area (TPSA) is 23.5 Å². The summed E-state index contributed by atoms with van der Waals surface area (Å²) in [5, 5.41) is 10.6. The number of nitrogens with zero attached hydrogens (tertiary/aromatic N) is 1. The van der Waals surface area contributed by atoms with Crippen molar-refractivity contribution in [1.82, 2.24) is 4.90 Å². The second-order valence-electron chi connectivity index (χ2n) is 7.28. The lowest BCUT2D eigenvalue weighted by Gasteiger charge is -2.40. The van der Waals surface area contributed by atoms with Crippen molar-refractivity contribution in [1.29, 1.82) is 0 Å². The van der Waals surface area contributed by atoms with Gasteiger partial charge in [-0.25, -0.2) is 0 Å². The average molecular weight is 281 g/mol. The number of aliphatic hydroxyl groups is 1. The fourth-order valence-electron chi connectivity index (χ4n) is 4.11. The van der Waals surface area contributed by atoms with Crippen molar-refractivity contribution in [3.8, 4) is 0 Å². The van der Waals surface area contributed by atoms with Crippen molar-refractivity contribution in [2.45, 2.75) is 96.1 Å². The van der Waals surface area contributed by atoms with Crippen molar-refractivity contribution in [3.63, 3.8) is 0 Å². The summed E-state index contributed by atoms with van der Waals surface area (Å²) >= 11 is 0. The van der Waals surface area contributed by atoms with E-state index in [0.29, 0.717) is 6.04 Å². The van der Waals surface area contributed by atoms with E-state index in [1.54, 1.807) is 0 Å². The smallest absolute Gasteiger partial charge is 0.0695 e. The third kappa shape index (κ3) is 5.37. The van der Waals surface area contributed by atoms with E-state index in [1.807, 2.05) is 0 Å². The Morgan fingerprint density at radius 1 is 0.750 bits per heavy atom. The van der Waals surface area contributed by atoms with E-state index < -0.39 is 0 Å². The van der Waals surface area contributed by atoms with Gasteiger partial charge in [-0.1, -0.05) is 58.3 Å². The lowest BCUT2D eigenvalue weighted by Crippen LogP contribution is -2.48. The van der Waals surface area contributed by atoms with Crippen LogP contribution in [0.1, 0.15) is 84.0 Å². The van der Waals surface area contributed by atoms with Gasteiger partial charge in [0.25, 0.3) is 0 Å². The predicted molar refractivity (Wildman–Crippen MR) is 85.9 cm³/mol. The van der Waals surface area contributed by atoms with Crippen LogP contribution in [0.25, 0.3) is 0 Å². The zero-order valence-corrected chi connectivity index (χ0v) is 13.5. The third-order valence-electron chi connectivity index (χ3n) is 5.35. The summed E-state index contributed by atoms with van der Waals surface area (Å²) in [4.78, 5) is 2.62. The Balaban J connectivity index is 1.89. The Kier molecular flexibility index (Phi) is 7.37. The molecule has 0 radical (unpaired) electrons. The molecule has 2 nitrogen and oxygen atoms in total. The molecule has 0 bridgehead atoms. The maximum atomic E-state index is 10.6. The largest absolute Gasteiger partial charge is 0.391 e. The van der Waals surface area contributed by atoms with Crippen LogP contribution < -0.4 is 0 Å². The molecule has 3 unspecified atom stereocenters. The molecule has 0 amide bonds. The predicted octanol–water partition coefficient (Wildman–Crippen LogP) is 4.36. The van der Waals surface area contributed by atoms with Gasteiger partial charge < -0.3 is 5.11 Å². The van der Waals surface area contributed by atoms with E-state index >= 15 is 0 Å². The number of hydrogen-bond donors (Lipinski definition) is 1. The fraction of sp³-hybridized carbons (Fsp3) is 1.00. The van der Waals surface area contributed by atoms with E-state index in [-0.39, 0.29) is 6.10 Å². The minimum Gasteiger partial charge on any atom is -0.391 e. The van der Waals surface area contributed by atoms with Gasteiger partial charge >= 0.3 is 0 Å². The minimum atomic E-state index is -0.0836. The molecule has 2 rings (SSSR count). The van der Waals surface area contributed by atoms with E-state index in [4.69, 9.17) is 0 Å². The Morgan fingerprint density at radius 3 is 2.00 bits per heavy atom. The summed E-state index contributed by atoms with van der Waals surface area (Å²) in [6.07, 6.45) is 15.7. The van der Waals surface area contributed by atoms with Crippen LogP contribution in [0.2, 0.25) is 0 Å². The molecule has 0 aromatic rings. The summed E-state index contributed by atoms with van der Waals surface area (Å²) in [7, 11) is 0. The van der Waals surface area contributed by atoms with Crippen LogP contribution in [0, 0.1) is 5.92 Å². The van der Waals surface area contributed by atoms with Gasteiger partial charge in [0, 0.05) is 12.6 Å². The monoisotopic (exact) mass is 281 g/mol. The number of likely N-dealkylation sites (tertiary alicyclic amines) is 1. The molecule has 1 saturated heterocycles. The summed E-state index contributed by atoms with van der Waals surface area (Å²) < 4.78 is 0. The molecule has 0 aromatic heterocycles. The molecule has 1 aliphatic carbocycles. The van der Waals surface area contributed by atoms with Gasteiger partial charge in [0.05, 0.1) is 6.10 Å². The van der Waals surface area contributed by atoms with Crippen molar-refractivity contribution in [2.24, 2.45) is 5.92 Å². The first kappa shape index (κ1) is 16.3. The SMILES string of the molecule is CC1CCCN(C2CCCCCCCCCCC2O)C1. The van der Waals surface area contributed by atoms with Crippen molar-refractivity contribution >= 4 is 0 Å². The van der Waals surface area contributed by atoms with Crippen molar-refractivity contribution < 1.29 is 5.11 Å². The normalized spacial score (nSPS) is 36.0. The molecule has 118 valence electrons. The standard InChI is InChI=1S/C18H35NO/c1-16-11-10-14-19(15-16)17-12-8-6-4-2-3-5-7-9-13-18(17)20/h16-18,20H,2-15H2,1H3. The van der Waals surface area contributed by atoms with Gasteiger partial charge in [-0.15, -0.1) is 0 Å². The molecule has 1 N–H and O–H groups in total. The zero-order chi connectivity index (χ0) is 14.2. The van der Waals surface area contributed by atoms with Crippen LogP contribution in [0.3, 0.4) is 0 Å². The van der Waals surface area contributed by atoms with Gasteiger partial charge in [0.15, 0.2) is 0 Å². The van der Waals surface area contributed by atoms with Crippen LogP contribution in [0.5, 0.6) is 0 Å². The second kappa shape index (κ2) is 9.04. The van der Waals surface area contributed by atoms with E-state index in [0.717, 1.165) is 12.3 Å². The summed E-state index contributed by atoms with van der Waals surface area (Å²) in [6.45, 7) is 4.79. The van der Waals surface area contributed by atoms with Gasteiger partial charge in [0.1, 0.15) is 0 Å². The van der Waals surface area contributed by atoms with Crippen LogP contribution >= 0.6 is 0 Å². The number of rotatable bonds is 1. The van der Waals surface area contributed by atoms with Gasteiger partial charge in [-0.05, 0) is 38.1 Å². The maximum Gasteiger partial charge on any atom is 0.0695 e. The maximum absolute atomic E-state index is 10.6. The van der Waals surface area contributed by atoms with E-state index in [1.165, 1.54) is 83.7 Å². The molecule has 0 spiro atoms. The minimum absolute atomic E-state index is 0.0836. The molecule has 20 heavy (non-hydrogen) atoms. The first-order valence-corrected chi connectivity index (χ1v) is 9.19. The summed E-state index contributed by atoms with van der Waals surface area (Å²) in [5.41, 5.74) is 0. The van der Waals surface area contributed by atoms with Crippen LogP contribution in [-0.4, -0.2) is 35.2 Å². The summed E-state index contributed by atoms with van der Waals surface area (Å²) in [6, 6.07) is 0.442. The lowest BCUT2D eigenvalue weighted by atomic mass is 9.91. The first-order valence-electron chi connectivity index (χ1n) is 9.19. The Bertz CT molecular complexity index is 256. The number of aliphatic hydroxyl groups excluding tert-OH is 1. The molecule has 0 aromatic carbocycles. The molecule has 2 heteroatoms. The highest BCUT2D eigenvalue weighted by Gasteiger charge is 2.28. The molecule has 1 saturated carbocycles. The molecule has 1 aliphatic heterocycles. The molecule has 2 fully saturated rings. The highest BCUT2D eigenvalue weighted by molar-refractivity contribution is 4.83. The molecule has 3 atom stereocenters. The Hall–Kier alpha value is -0.0800. The molecular weight excluding hydrogens is 246 g/mol. The van der Waals surface area contributed by atoms with Crippen LogP contribution in [-0.2, 0) is 0 Å². The highest BCUT2D eigenvalue weighted by Crippen LogP contribution is 2.25. The van der Waals surface area contributed by atoms with E-state index in [9.17, 15) is 5.11 Å². The highest BCUT2D eigenvalue weighted by atomic mass is 16.3. The van der Waals surface area contributed by atoms with Crippen LogP contribution in [0.15, 0.2) is 0 Å². The van der Waals surface area contributed by atoms with Gasteiger partial charge in [0.2, 0.25) is 0 Å². The lowest BCUT2D eigenvalue weighted by molar-refractivity contribution is 0.0155. The zero-order valence-electron chi connectivity index (χ0n) is 13.5.